The Bertz CT molecular complexity index is 1090. The van der Waals surface area contributed by atoms with Gasteiger partial charge in [-0.2, -0.15) is 0 Å². The van der Waals surface area contributed by atoms with Gasteiger partial charge in [-0.3, -0.25) is 0 Å². The fourth-order valence-electron chi connectivity index (χ4n) is 2.41. The first-order valence-electron chi connectivity index (χ1n) is 7.25. The number of azo groups is 1. The van der Waals surface area contributed by atoms with E-state index < -0.39 is 10.0 Å². The van der Waals surface area contributed by atoms with E-state index in [-0.39, 0.29) is 20.6 Å². The number of fused-ring (bicyclic) bond motifs is 1. The summed E-state index contributed by atoms with van der Waals surface area (Å²) in [5, 5.41) is 9.49. The van der Waals surface area contributed by atoms with Crippen molar-refractivity contribution in [3.63, 3.8) is 0 Å². The standard InChI is InChI=1S/C16H14Cl2N4O2S/c1-9-16(10-5-3-4-6-13(10)20-9)22-21-14-7-12(18)15(8-11(14)17)25(23,24)19-2/h3-8,19-20H,1-2H3/b22-21+. The highest BCUT2D eigenvalue weighted by atomic mass is 35.5. The molecule has 0 saturated carbocycles. The lowest BCUT2D eigenvalue weighted by Gasteiger charge is -2.07. The monoisotopic (exact) mass is 396 g/mol. The van der Waals surface area contributed by atoms with Gasteiger partial charge in [0, 0.05) is 16.6 Å². The van der Waals surface area contributed by atoms with Gasteiger partial charge in [-0.25, -0.2) is 13.1 Å². The molecule has 25 heavy (non-hydrogen) atoms. The maximum atomic E-state index is 11.9. The van der Waals surface area contributed by atoms with Crippen LogP contribution < -0.4 is 4.72 Å². The first-order chi connectivity index (χ1) is 11.8. The predicted octanol–water partition coefficient (Wildman–Crippen LogP) is 5.11. The summed E-state index contributed by atoms with van der Waals surface area (Å²) >= 11 is 12.2. The summed E-state index contributed by atoms with van der Waals surface area (Å²) < 4.78 is 26.0. The average molecular weight is 397 g/mol. The highest BCUT2D eigenvalue weighted by molar-refractivity contribution is 7.89. The lowest BCUT2D eigenvalue weighted by Crippen LogP contribution is -2.18. The zero-order valence-corrected chi connectivity index (χ0v) is 15.7. The SMILES string of the molecule is CNS(=O)(=O)c1cc(Cl)c(/N=N/c2c(C)[nH]c3ccccc23)cc1Cl. The zero-order valence-electron chi connectivity index (χ0n) is 13.3. The number of para-hydroxylation sites is 1. The van der Waals surface area contributed by atoms with Crippen molar-refractivity contribution in [1.82, 2.24) is 9.71 Å². The van der Waals surface area contributed by atoms with Gasteiger partial charge in [0.1, 0.15) is 16.3 Å². The van der Waals surface area contributed by atoms with Gasteiger partial charge in [0.05, 0.1) is 10.0 Å². The molecule has 9 heteroatoms. The van der Waals surface area contributed by atoms with Crippen LogP contribution in [0.1, 0.15) is 5.69 Å². The molecule has 0 saturated heterocycles. The molecule has 2 aromatic carbocycles. The van der Waals surface area contributed by atoms with Crippen molar-refractivity contribution in [1.29, 1.82) is 0 Å². The molecule has 0 amide bonds. The zero-order chi connectivity index (χ0) is 18.2. The smallest absolute Gasteiger partial charge is 0.241 e. The molecule has 0 atom stereocenters. The van der Waals surface area contributed by atoms with Crippen molar-refractivity contribution in [2.24, 2.45) is 10.2 Å². The van der Waals surface area contributed by atoms with Gasteiger partial charge in [0.15, 0.2) is 0 Å². The molecule has 1 aromatic heterocycles. The summed E-state index contributed by atoms with van der Waals surface area (Å²) in [4.78, 5) is 3.12. The van der Waals surface area contributed by atoms with Gasteiger partial charge in [-0.15, -0.1) is 10.2 Å². The number of aryl methyl sites for hydroxylation is 1. The van der Waals surface area contributed by atoms with E-state index in [1.807, 2.05) is 31.2 Å². The molecule has 0 fully saturated rings. The topological polar surface area (TPSA) is 86.7 Å². The van der Waals surface area contributed by atoms with Crippen LogP contribution >= 0.6 is 23.2 Å². The highest BCUT2D eigenvalue weighted by Gasteiger charge is 2.18. The quantitative estimate of drug-likeness (QED) is 0.600. The Morgan fingerprint density at radius 2 is 1.80 bits per heavy atom. The van der Waals surface area contributed by atoms with Gasteiger partial charge < -0.3 is 4.98 Å². The van der Waals surface area contributed by atoms with Crippen molar-refractivity contribution in [2.75, 3.05) is 7.05 Å². The number of rotatable bonds is 4. The van der Waals surface area contributed by atoms with Crippen molar-refractivity contribution in [2.45, 2.75) is 11.8 Å². The van der Waals surface area contributed by atoms with Gasteiger partial charge in [0.25, 0.3) is 0 Å². The van der Waals surface area contributed by atoms with E-state index in [1.54, 1.807) is 0 Å². The molecule has 0 bridgehead atoms. The third-order valence-electron chi connectivity index (χ3n) is 3.68. The number of benzene rings is 2. The second-order valence-corrected chi connectivity index (χ2v) is 7.96. The number of hydrogen-bond acceptors (Lipinski definition) is 4. The van der Waals surface area contributed by atoms with Crippen LogP contribution in [0.15, 0.2) is 51.5 Å². The lowest BCUT2D eigenvalue weighted by molar-refractivity contribution is 0.588. The Kier molecular flexibility index (Phi) is 4.83. The molecule has 3 rings (SSSR count). The molecule has 6 nitrogen and oxygen atoms in total. The number of sulfonamides is 1. The number of halogens is 2. The van der Waals surface area contributed by atoms with E-state index >= 15 is 0 Å². The molecule has 2 N–H and O–H groups in total. The van der Waals surface area contributed by atoms with Crippen molar-refractivity contribution in [3.8, 4) is 0 Å². The summed E-state index contributed by atoms with van der Waals surface area (Å²) in [5.74, 6) is 0. The second kappa shape index (κ2) is 6.76. The number of nitrogens with one attached hydrogen (secondary N) is 2. The lowest BCUT2D eigenvalue weighted by atomic mass is 10.2. The van der Waals surface area contributed by atoms with Crippen LogP contribution in [0.2, 0.25) is 10.0 Å². The summed E-state index contributed by atoms with van der Waals surface area (Å²) in [5.41, 5.74) is 2.79. The van der Waals surface area contributed by atoms with Gasteiger partial charge in [-0.05, 0) is 32.2 Å². The van der Waals surface area contributed by atoms with E-state index in [2.05, 4.69) is 19.9 Å². The number of aromatic nitrogens is 1. The molecule has 0 radical (unpaired) electrons. The molecule has 130 valence electrons. The van der Waals surface area contributed by atoms with Crippen molar-refractivity contribution < 1.29 is 8.42 Å². The average Bonchev–Trinajstić information content (AvgIpc) is 2.90. The predicted molar refractivity (Wildman–Crippen MR) is 99.9 cm³/mol. The van der Waals surface area contributed by atoms with E-state index in [4.69, 9.17) is 23.2 Å². The van der Waals surface area contributed by atoms with E-state index in [0.717, 1.165) is 16.6 Å². The third-order valence-corrected chi connectivity index (χ3v) is 5.86. The molecule has 0 aliphatic carbocycles. The molecule has 0 unspecified atom stereocenters. The van der Waals surface area contributed by atoms with Crippen LogP contribution in [0.4, 0.5) is 11.4 Å². The Morgan fingerprint density at radius 1 is 1.08 bits per heavy atom. The fraction of sp³-hybridized carbons (Fsp3) is 0.125. The van der Waals surface area contributed by atoms with E-state index in [9.17, 15) is 8.42 Å². The summed E-state index contributed by atoms with van der Waals surface area (Å²) in [6.07, 6.45) is 0. The number of nitrogens with zero attached hydrogens (tertiary/aromatic N) is 2. The molecule has 3 aromatic rings. The summed E-state index contributed by atoms with van der Waals surface area (Å²) in [6, 6.07) is 10.4. The third kappa shape index (κ3) is 3.41. The molecule has 0 spiro atoms. The molecular weight excluding hydrogens is 383 g/mol. The molecule has 1 heterocycles. The van der Waals surface area contributed by atoms with Crippen molar-refractivity contribution in [3.05, 3.63) is 52.1 Å². The first kappa shape index (κ1) is 17.9. The Morgan fingerprint density at radius 3 is 2.52 bits per heavy atom. The van der Waals surface area contributed by atoms with Gasteiger partial charge >= 0.3 is 0 Å². The van der Waals surface area contributed by atoms with Crippen LogP contribution in [0, 0.1) is 6.92 Å². The minimum absolute atomic E-state index is 0.0170. The van der Waals surface area contributed by atoms with Gasteiger partial charge in [-0.1, -0.05) is 41.4 Å². The number of aromatic amines is 1. The molecule has 0 aliphatic rings. The highest BCUT2D eigenvalue weighted by Crippen LogP contribution is 2.36. The normalized spacial score (nSPS) is 12.3. The maximum Gasteiger partial charge on any atom is 0.241 e. The fourth-order valence-corrected chi connectivity index (χ4v) is 3.94. The molecular formula is C16H14Cl2N4O2S. The Hall–Kier alpha value is -1.93. The van der Waals surface area contributed by atoms with Crippen LogP contribution in [-0.4, -0.2) is 20.4 Å². The molecule has 0 aliphatic heterocycles. The largest absolute Gasteiger partial charge is 0.357 e. The van der Waals surface area contributed by atoms with Crippen LogP contribution in [0.25, 0.3) is 10.9 Å². The van der Waals surface area contributed by atoms with Gasteiger partial charge in [0.2, 0.25) is 10.0 Å². The van der Waals surface area contributed by atoms with Crippen molar-refractivity contribution >= 4 is 55.5 Å². The maximum absolute atomic E-state index is 11.9. The van der Waals surface area contributed by atoms with Crippen LogP contribution in [0.5, 0.6) is 0 Å². The summed E-state index contributed by atoms with van der Waals surface area (Å²) in [6.45, 7) is 1.89. The van der Waals surface area contributed by atoms with E-state index in [1.165, 1.54) is 19.2 Å². The number of H-pyrrole nitrogens is 1. The minimum Gasteiger partial charge on any atom is -0.357 e. The Balaban J connectivity index is 2.05. The van der Waals surface area contributed by atoms with E-state index in [0.29, 0.717) is 5.69 Å². The number of hydrogen-bond donors (Lipinski definition) is 2. The van der Waals surface area contributed by atoms with Crippen LogP contribution in [0.3, 0.4) is 0 Å². The van der Waals surface area contributed by atoms with Crippen LogP contribution in [-0.2, 0) is 10.0 Å². The summed E-state index contributed by atoms with van der Waals surface area (Å²) in [7, 11) is -2.41. The first-order valence-corrected chi connectivity index (χ1v) is 9.49. The minimum atomic E-state index is -3.71. The Labute approximate surface area is 154 Å². The second-order valence-electron chi connectivity index (χ2n) is 5.29.